The maximum absolute atomic E-state index is 6.60. The van der Waals surface area contributed by atoms with Gasteiger partial charge in [0, 0.05) is 40.9 Å². The van der Waals surface area contributed by atoms with Gasteiger partial charge in [0.2, 0.25) is 0 Å². The van der Waals surface area contributed by atoms with E-state index in [1.54, 1.807) is 6.33 Å². The molecule has 0 bridgehead atoms. The van der Waals surface area contributed by atoms with Gasteiger partial charge in [0.15, 0.2) is 14.1 Å². The fraction of sp³-hybridized carbons (Fsp3) is 0.595. The summed E-state index contributed by atoms with van der Waals surface area (Å²) >= 11 is 0. The molecule has 1 aliphatic carbocycles. The minimum Gasteiger partial charge on any atom is -0.415 e. The molecule has 10 heteroatoms. The first-order chi connectivity index (χ1) is 22.0. The summed E-state index contributed by atoms with van der Waals surface area (Å²) in [6.07, 6.45) is 8.46. The fourth-order valence-corrected chi connectivity index (χ4v) is 7.91. The van der Waals surface area contributed by atoms with Gasteiger partial charge in [-0.1, -0.05) is 20.8 Å². The monoisotopic (exact) mass is 658 g/mol. The number of hydrogen-bond acceptors (Lipinski definition) is 8. The Labute approximate surface area is 281 Å². The molecular weight excluding hydrogens is 605 g/mol. The minimum absolute atomic E-state index is 0.0184. The van der Waals surface area contributed by atoms with Gasteiger partial charge in [-0.25, -0.2) is 15.0 Å². The first-order valence-corrected chi connectivity index (χ1v) is 20.1. The lowest BCUT2D eigenvalue weighted by Crippen LogP contribution is -2.41. The molecule has 2 N–H and O–H groups in total. The van der Waals surface area contributed by atoms with Crippen molar-refractivity contribution in [2.75, 3.05) is 23.8 Å². The highest BCUT2D eigenvalue weighted by molar-refractivity contribution is 6.74. The highest BCUT2D eigenvalue weighted by atomic mass is 28.4. The van der Waals surface area contributed by atoms with Gasteiger partial charge >= 0.3 is 0 Å². The Morgan fingerprint density at radius 3 is 2.53 bits per heavy atom. The number of nitrogens with one attached hydrogen (secondary N) is 2. The highest BCUT2D eigenvalue weighted by Crippen LogP contribution is 2.49. The second-order valence-electron chi connectivity index (χ2n) is 16.5. The van der Waals surface area contributed by atoms with Crippen molar-refractivity contribution in [2.45, 2.75) is 122 Å². The summed E-state index contributed by atoms with van der Waals surface area (Å²) in [7, 11) is -1.82. The van der Waals surface area contributed by atoms with Crippen molar-refractivity contribution in [3.63, 3.8) is 0 Å². The van der Waals surface area contributed by atoms with Gasteiger partial charge < -0.3 is 29.1 Å². The molecule has 254 valence electrons. The van der Waals surface area contributed by atoms with Crippen molar-refractivity contribution in [3.05, 3.63) is 54.6 Å². The van der Waals surface area contributed by atoms with Gasteiger partial charge in [0.05, 0.1) is 24.3 Å². The fourth-order valence-electron chi connectivity index (χ4n) is 6.87. The first kappa shape index (κ1) is 33.8. The van der Waals surface area contributed by atoms with Crippen LogP contribution in [0.25, 0.3) is 21.9 Å². The van der Waals surface area contributed by atoms with E-state index in [0.29, 0.717) is 12.5 Å². The third-order valence-corrected chi connectivity index (χ3v) is 14.7. The van der Waals surface area contributed by atoms with E-state index < -0.39 is 14.1 Å². The predicted molar refractivity (Wildman–Crippen MR) is 194 cm³/mol. The van der Waals surface area contributed by atoms with E-state index in [4.69, 9.17) is 18.9 Å². The van der Waals surface area contributed by atoms with E-state index in [1.165, 1.54) is 5.56 Å². The lowest BCUT2D eigenvalue weighted by molar-refractivity contribution is -0.160. The molecule has 9 nitrogen and oxygen atoms in total. The number of anilines is 2. The smallest absolute Gasteiger partial charge is 0.192 e. The average Bonchev–Trinajstić information content (AvgIpc) is 3.63. The van der Waals surface area contributed by atoms with Crippen LogP contribution in [0, 0.1) is 5.92 Å². The summed E-state index contributed by atoms with van der Waals surface area (Å²) in [5, 5.41) is 9.63. The van der Waals surface area contributed by atoms with Crippen LogP contribution in [0.3, 0.4) is 0 Å². The summed E-state index contributed by atoms with van der Waals surface area (Å²) in [6.45, 7) is 23.5. The summed E-state index contributed by atoms with van der Waals surface area (Å²) in [6, 6.07) is 11.0. The average molecular weight is 659 g/mol. The number of aromatic nitrogens is 4. The molecule has 47 heavy (non-hydrogen) atoms. The van der Waals surface area contributed by atoms with E-state index in [2.05, 4.69) is 116 Å². The van der Waals surface area contributed by atoms with Crippen molar-refractivity contribution < 1.29 is 13.9 Å². The molecule has 1 aromatic carbocycles. The third kappa shape index (κ3) is 7.35. The van der Waals surface area contributed by atoms with Gasteiger partial charge in [0.1, 0.15) is 23.9 Å². The molecule has 2 aliphatic rings. The Morgan fingerprint density at radius 1 is 1.02 bits per heavy atom. The molecule has 1 saturated carbocycles. The second-order valence-corrected chi connectivity index (χ2v) is 21.3. The van der Waals surface area contributed by atoms with Crippen LogP contribution < -0.4 is 10.6 Å². The molecule has 4 atom stereocenters. The standard InChI is InChI=1S/C37H54N6O3Si/c1-35(2,3)42-31-14-13-25-19-28(39-16-18-44-47(9,10)36(4,5)6)24(20-29(25)41-31)11-12-26-21-30(33-32(26)45-37(7,8)46-33)43-17-15-27-22-38-23-40-34(27)43/h13-15,17,19-20,22-23,26,30,32-33,39H,11-12,16,18,21H2,1-10H3,(H,41,42)/t26-,30+,32+,33-/m0/s1. The van der Waals surface area contributed by atoms with Gasteiger partial charge in [-0.3, -0.25) is 0 Å². The predicted octanol–water partition coefficient (Wildman–Crippen LogP) is 8.34. The van der Waals surface area contributed by atoms with Gasteiger partial charge in [-0.05, 0) is 114 Å². The molecule has 6 rings (SSSR count). The number of benzene rings is 1. The van der Waals surface area contributed by atoms with E-state index in [-0.39, 0.29) is 28.8 Å². The molecule has 0 unspecified atom stereocenters. The molecule has 0 radical (unpaired) electrons. The van der Waals surface area contributed by atoms with Crippen molar-refractivity contribution in [1.82, 2.24) is 19.5 Å². The number of nitrogens with zero attached hydrogens (tertiary/aromatic N) is 4. The van der Waals surface area contributed by atoms with Crippen LogP contribution in [-0.2, 0) is 20.3 Å². The van der Waals surface area contributed by atoms with E-state index in [0.717, 1.165) is 59.2 Å². The van der Waals surface area contributed by atoms with Crippen molar-refractivity contribution >= 4 is 41.8 Å². The largest absolute Gasteiger partial charge is 0.415 e. The summed E-state index contributed by atoms with van der Waals surface area (Å²) in [5.41, 5.74) is 4.29. The lowest BCUT2D eigenvalue weighted by atomic mass is 9.94. The quantitative estimate of drug-likeness (QED) is 0.130. The maximum Gasteiger partial charge on any atom is 0.192 e. The Bertz CT molecular complexity index is 1720. The van der Waals surface area contributed by atoms with Gasteiger partial charge in [0.25, 0.3) is 0 Å². The maximum atomic E-state index is 6.60. The van der Waals surface area contributed by atoms with Gasteiger partial charge in [-0.2, -0.15) is 0 Å². The molecule has 0 spiro atoms. The Hall–Kier alpha value is -3.05. The zero-order valence-electron chi connectivity index (χ0n) is 30.0. The Balaban J connectivity index is 1.25. The number of pyridine rings is 1. The van der Waals surface area contributed by atoms with Crippen LogP contribution in [0.2, 0.25) is 18.1 Å². The van der Waals surface area contributed by atoms with Crippen molar-refractivity contribution in [2.24, 2.45) is 5.92 Å². The molecule has 4 heterocycles. The van der Waals surface area contributed by atoms with Gasteiger partial charge in [-0.15, -0.1) is 0 Å². The number of hydrogen-bond donors (Lipinski definition) is 2. The number of fused-ring (bicyclic) bond motifs is 3. The highest BCUT2D eigenvalue weighted by Gasteiger charge is 2.54. The molecule has 1 saturated heterocycles. The van der Waals surface area contributed by atoms with E-state index >= 15 is 0 Å². The van der Waals surface area contributed by atoms with Crippen LogP contribution in [0.15, 0.2) is 49.1 Å². The summed E-state index contributed by atoms with van der Waals surface area (Å²) < 4.78 is 21.9. The summed E-state index contributed by atoms with van der Waals surface area (Å²) in [5.74, 6) is 0.602. The summed E-state index contributed by atoms with van der Waals surface area (Å²) in [4.78, 5) is 13.9. The van der Waals surface area contributed by atoms with Crippen LogP contribution in [0.1, 0.15) is 79.8 Å². The zero-order valence-corrected chi connectivity index (χ0v) is 31.0. The van der Waals surface area contributed by atoms with Crippen LogP contribution in [0.5, 0.6) is 0 Å². The second kappa shape index (κ2) is 12.4. The Kier molecular flexibility index (Phi) is 8.95. The number of aryl methyl sites for hydroxylation is 1. The zero-order chi connectivity index (χ0) is 33.8. The molecule has 0 amide bonds. The topological polar surface area (TPSA) is 95.4 Å². The SMILES string of the molecule is CC(C)(C)Nc1ccc2cc(NCCO[Si](C)(C)C(C)(C)C)c(CC[C@H]3C[C@@H](n4ccc5cncnc54)[C@@H]4OC(C)(C)O[C@H]34)cc2n1. The molecular formula is C37H54N6O3Si. The number of rotatable bonds is 10. The number of ether oxygens (including phenoxy) is 2. The van der Waals surface area contributed by atoms with Crippen LogP contribution >= 0.6 is 0 Å². The molecule has 2 fully saturated rings. The molecule has 1 aliphatic heterocycles. The van der Waals surface area contributed by atoms with E-state index in [1.807, 2.05) is 20.0 Å². The van der Waals surface area contributed by atoms with Crippen LogP contribution in [0.4, 0.5) is 11.5 Å². The molecule has 3 aromatic heterocycles. The third-order valence-electron chi connectivity index (χ3n) is 10.2. The van der Waals surface area contributed by atoms with Crippen molar-refractivity contribution in [3.8, 4) is 0 Å². The molecule has 4 aromatic rings. The van der Waals surface area contributed by atoms with Crippen molar-refractivity contribution in [1.29, 1.82) is 0 Å². The lowest BCUT2D eigenvalue weighted by Gasteiger charge is -2.36. The Morgan fingerprint density at radius 2 is 1.79 bits per heavy atom. The van der Waals surface area contributed by atoms with E-state index in [9.17, 15) is 0 Å². The van der Waals surface area contributed by atoms with Crippen LogP contribution in [-0.4, -0.2) is 64.5 Å². The minimum atomic E-state index is -1.82. The first-order valence-electron chi connectivity index (χ1n) is 17.2. The normalized spacial score (nSPS) is 23.0.